The predicted molar refractivity (Wildman–Crippen MR) is 83.4 cm³/mol. The molecule has 0 aliphatic heterocycles. The Hall–Kier alpha value is -1.73. The van der Waals surface area contributed by atoms with E-state index in [1.165, 1.54) is 0 Å². The lowest BCUT2D eigenvalue weighted by molar-refractivity contribution is -0.131. The number of thioether (sulfide) groups is 2. The Labute approximate surface area is 130 Å². The minimum absolute atomic E-state index is 0.137. The Morgan fingerprint density at radius 2 is 2.05 bits per heavy atom. The highest BCUT2D eigenvalue weighted by molar-refractivity contribution is 8.03. The molecule has 0 unspecified atom stereocenters. The van der Waals surface area contributed by atoms with Crippen LogP contribution < -0.4 is 0 Å². The lowest BCUT2D eigenvalue weighted by Crippen LogP contribution is -1.96. The molecule has 0 spiro atoms. The third-order valence-corrected chi connectivity index (χ3v) is 4.17. The minimum atomic E-state index is -1.02. The molecule has 0 amide bonds. The number of carbonyl (C=O) groups is 1. The fraction of sp³-hybridized carbons (Fsp3) is 0.214. The molecule has 1 aromatic carbocycles. The van der Waals surface area contributed by atoms with Gasteiger partial charge in [-0.3, -0.25) is 0 Å². The molecule has 0 aliphatic carbocycles. The Balaban J connectivity index is 2.20. The van der Waals surface area contributed by atoms with Crippen molar-refractivity contribution in [1.82, 2.24) is 10.2 Å². The number of carboxylic acid groups (broad SMARTS) is 1. The summed E-state index contributed by atoms with van der Waals surface area (Å²) in [5.74, 6) is -0.531. The van der Waals surface area contributed by atoms with Crippen molar-refractivity contribution in [2.45, 2.75) is 23.5 Å². The third kappa shape index (κ3) is 4.37. The normalized spacial score (nSPS) is 11.6. The molecule has 5 nitrogen and oxygen atoms in total. The highest BCUT2D eigenvalue weighted by atomic mass is 32.2. The molecule has 1 aromatic heterocycles. The van der Waals surface area contributed by atoms with Crippen LogP contribution in [0.1, 0.15) is 18.4 Å². The molecule has 0 aliphatic rings. The molecule has 1 N–H and O–H groups in total. The predicted octanol–water partition coefficient (Wildman–Crippen LogP) is 3.57. The monoisotopic (exact) mass is 322 g/mol. The molecule has 1 heterocycles. The van der Waals surface area contributed by atoms with Gasteiger partial charge in [0.2, 0.25) is 5.89 Å². The summed E-state index contributed by atoms with van der Waals surface area (Å²) >= 11 is 2.59. The van der Waals surface area contributed by atoms with Gasteiger partial charge >= 0.3 is 5.97 Å². The summed E-state index contributed by atoms with van der Waals surface area (Å²) in [4.78, 5) is 12.6. The van der Waals surface area contributed by atoms with E-state index in [2.05, 4.69) is 10.2 Å². The number of nitrogens with zero attached hydrogens (tertiary/aromatic N) is 2. The van der Waals surface area contributed by atoms with Crippen LogP contribution in [0.3, 0.4) is 0 Å². The third-order valence-electron chi connectivity index (χ3n) is 2.57. The number of rotatable bonds is 6. The van der Waals surface area contributed by atoms with Crippen molar-refractivity contribution in [2.24, 2.45) is 0 Å². The van der Waals surface area contributed by atoms with E-state index in [-0.39, 0.29) is 10.1 Å². The molecular weight excluding hydrogens is 308 g/mol. The van der Waals surface area contributed by atoms with Gasteiger partial charge in [-0.1, -0.05) is 19.1 Å². The van der Waals surface area contributed by atoms with Crippen molar-refractivity contribution < 1.29 is 14.3 Å². The maximum atomic E-state index is 11.3. The smallest absolute Gasteiger partial charge is 0.342 e. The highest BCUT2D eigenvalue weighted by Gasteiger charge is 2.14. The van der Waals surface area contributed by atoms with Gasteiger partial charge in [0, 0.05) is 11.3 Å². The van der Waals surface area contributed by atoms with Crippen LogP contribution in [0, 0.1) is 0 Å². The van der Waals surface area contributed by atoms with E-state index >= 15 is 0 Å². The summed E-state index contributed by atoms with van der Waals surface area (Å²) in [5, 5.41) is 17.1. The molecule has 0 radical (unpaired) electrons. The zero-order valence-corrected chi connectivity index (χ0v) is 13.2. The van der Waals surface area contributed by atoms with E-state index in [0.717, 1.165) is 22.2 Å². The van der Waals surface area contributed by atoms with Crippen LogP contribution in [0.5, 0.6) is 0 Å². The number of hydrogen-bond donors (Lipinski definition) is 1. The summed E-state index contributed by atoms with van der Waals surface area (Å²) in [6.07, 6.45) is 4.20. The molecular formula is C14H14N2O3S2. The Kier molecular flexibility index (Phi) is 5.46. The van der Waals surface area contributed by atoms with Crippen LogP contribution >= 0.6 is 23.5 Å². The van der Waals surface area contributed by atoms with Gasteiger partial charge < -0.3 is 9.52 Å². The first-order valence-corrected chi connectivity index (χ1v) is 8.25. The van der Waals surface area contributed by atoms with Gasteiger partial charge in [-0.15, -0.1) is 22.0 Å². The number of aryl methyl sites for hydroxylation is 1. The van der Waals surface area contributed by atoms with Crippen LogP contribution in [-0.2, 0) is 11.2 Å². The second-order valence-corrected chi connectivity index (χ2v) is 5.88. The van der Waals surface area contributed by atoms with Gasteiger partial charge in [0.25, 0.3) is 5.22 Å². The first kappa shape index (κ1) is 15.7. The van der Waals surface area contributed by atoms with Crippen molar-refractivity contribution in [2.75, 3.05) is 6.26 Å². The van der Waals surface area contributed by atoms with Gasteiger partial charge in [0.15, 0.2) is 0 Å². The van der Waals surface area contributed by atoms with Gasteiger partial charge in [-0.05, 0) is 41.8 Å². The largest absolute Gasteiger partial charge is 0.477 e. The summed E-state index contributed by atoms with van der Waals surface area (Å²) in [6, 6.07) is 7.65. The van der Waals surface area contributed by atoms with Gasteiger partial charge in [-0.25, -0.2) is 4.79 Å². The van der Waals surface area contributed by atoms with E-state index in [9.17, 15) is 9.90 Å². The standard InChI is InChI=1S/C14H14N2O3S2/c1-3-12-15-16-14(19-12)21-11(13(17)18)8-9-4-6-10(20-2)7-5-9/h4-8H,3H2,1-2H3,(H,17,18)/b11-8-. The second-order valence-electron chi connectivity index (χ2n) is 4.00. The van der Waals surface area contributed by atoms with Crippen LogP contribution in [0.4, 0.5) is 0 Å². The average molecular weight is 322 g/mol. The maximum absolute atomic E-state index is 11.3. The van der Waals surface area contributed by atoms with Crippen molar-refractivity contribution in [3.63, 3.8) is 0 Å². The van der Waals surface area contributed by atoms with Crippen LogP contribution in [0.15, 0.2) is 43.7 Å². The van der Waals surface area contributed by atoms with Crippen molar-refractivity contribution in [3.8, 4) is 0 Å². The number of aliphatic carboxylic acids is 1. The van der Waals surface area contributed by atoms with Crippen molar-refractivity contribution >= 4 is 35.6 Å². The van der Waals surface area contributed by atoms with Crippen LogP contribution in [-0.4, -0.2) is 27.5 Å². The molecule has 7 heteroatoms. The number of hydrogen-bond acceptors (Lipinski definition) is 6. The molecule has 0 saturated heterocycles. The summed E-state index contributed by atoms with van der Waals surface area (Å²) in [6.45, 7) is 1.89. The fourth-order valence-electron chi connectivity index (χ4n) is 1.50. The lowest BCUT2D eigenvalue weighted by Gasteiger charge is -2.00. The average Bonchev–Trinajstić information content (AvgIpc) is 2.95. The molecule has 2 aromatic rings. The highest BCUT2D eigenvalue weighted by Crippen LogP contribution is 2.28. The first-order valence-electron chi connectivity index (χ1n) is 6.21. The van der Waals surface area contributed by atoms with Crippen LogP contribution in [0.25, 0.3) is 6.08 Å². The summed E-state index contributed by atoms with van der Waals surface area (Å²) < 4.78 is 5.32. The number of carboxylic acids is 1. The lowest BCUT2D eigenvalue weighted by atomic mass is 10.2. The Morgan fingerprint density at radius 3 is 2.57 bits per heavy atom. The second kappa shape index (κ2) is 7.33. The molecule has 0 bridgehead atoms. The Bertz CT molecular complexity index is 650. The summed E-state index contributed by atoms with van der Waals surface area (Å²) in [5.41, 5.74) is 0.813. The maximum Gasteiger partial charge on any atom is 0.342 e. The quantitative estimate of drug-likeness (QED) is 0.643. The van der Waals surface area contributed by atoms with Gasteiger partial charge in [-0.2, -0.15) is 0 Å². The van der Waals surface area contributed by atoms with Crippen molar-refractivity contribution in [3.05, 3.63) is 40.6 Å². The summed E-state index contributed by atoms with van der Waals surface area (Å²) in [7, 11) is 0. The zero-order chi connectivity index (χ0) is 15.2. The van der Waals surface area contributed by atoms with Gasteiger partial charge in [0.1, 0.15) is 4.91 Å². The van der Waals surface area contributed by atoms with E-state index in [4.69, 9.17) is 4.42 Å². The van der Waals surface area contributed by atoms with E-state index in [0.29, 0.717) is 12.3 Å². The number of benzene rings is 1. The molecule has 21 heavy (non-hydrogen) atoms. The van der Waals surface area contributed by atoms with E-state index in [1.54, 1.807) is 17.8 Å². The topological polar surface area (TPSA) is 76.2 Å². The molecule has 0 saturated carbocycles. The van der Waals surface area contributed by atoms with Gasteiger partial charge in [0.05, 0.1) is 0 Å². The van der Waals surface area contributed by atoms with Crippen LogP contribution in [0.2, 0.25) is 0 Å². The fourth-order valence-corrected chi connectivity index (χ4v) is 2.60. The molecule has 110 valence electrons. The Morgan fingerprint density at radius 1 is 1.33 bits per heavy atom. The molecule has 0 fully saturated rings. The number of aromatic nitrogens is 2. The minimum Gasteiger partial charge on any atom is -0.477 e. The molecule has 0 atom stereocenters. The first-order chi connectivity index (χ1) is 10.1. The SMILES string of the molecule is CCc1nnc(S/C(=C\c2ccc(SC)cc2)C(=O)O)o1. The van der Waals surface area contributed by atoms with E-state index in [1.807, 2.05) is 37.4 Å². The van der Waals surface area contributed by atoms with Crippen molar-refractivity contribution in [1.29, 1.82) is 0 Å². The van der Waals surface area contributed by atoms with E-state index < -0.39 is 5.97 Å². The zero-order valence-electron chi connectivity index (χ0n) is 11.6. The molecule has 2 rings (SSSR count).